The van der Waals surface area contributed by atoms with E-state index in [2.05, 4.69) is 26.1 Å². The maximum Gasteiger partial charge on any atom is 0.317 e. The average molecular weight is 373 g/mol. The molecule has 0 spiro atoms. The molecule has 0 aliphatic carbocycles. The number of phenols is 1. The maximum absolute atomic E-state index is 13.3. The van der Waals surface area contributed by atoms with Crippen molar-refractivity contribution in [1.29, 1.82) is 0 Å². The summed E-state index contributed by atoms with van der Waals surface area (Å²) in [6, 6.07) is 3.80. The van der Waals surface area contributed by atoms with Crippen molar-refractivity contribution < 1.29 is 14.7 Å². The molecule has 2 saturated heterocycles. The molecule has 6 heteroatoms. The summed E-state index contributed by atoms with van der Waals surface area (Å²) in [5.41, 5.74) is 1.77. The van der Waals surface area contributed by atoms with E-state index in [-0.39, 0.29) is 34.6 Å². The van der Waals surface area contributed by atoms with Gasteiger partial charge in [-0.05, 0) is 22.5 Å². The van der Waals surface area contributed by atoms with Gasteiger partial charge in [0.15, 0.2) is 0 Å². The van der Waals surface area contributed by atoms with Crippen LogP contribution in [-0.2, 0) is 10.8 Å². The molecule has 0 aromatic heterocycles. The van der Waals surface area contributed by atoms with Crippen molar-refractivity contribution in [3.63, 3.8) is 0 Å². The van der Waals surface area contributed by atoms with Crippen molar-refractivity contribution in [2.45, 2.75) is 58.4 Å². The van der Waals surface area contributed by atoms with E-state index < -0.39 is 0 Å². The van der Waals surface area contributed by atoms with E-state index in [4.69, 9.17) is 0 Å². The Morgan fingerprint density at radius 2 is 1.78 bits per heavy atom. The SMILES string of the molecule is CC(C)(C)c1cc(C(=O)N2CCN3C(=O)NCC3C2)c(O)c(C(C)(C)C)c1. The zero-order chi connectivity index (χ0) is 20.1. The molecular formula is C21H31N3O3. The highest BCUT2D eigenvalue weighted by molar-refractivity contribution is 5.98. The first-order valence-corrected chi connectivity index (χ1v) is 9.61. The number of hydrogen-bond donors (Lipinski definition) is 2. The van der Waals surface area contributed by atoms with Crippen molar-refractivity contribution in [1.82, 2.24) is 15.1 Å². The lowest BCUT2D eigenvalue weighted by atomic mass is 9.78. The highest BCUT2D eigenvalue weighted by Gasteiger charge is 2.38. The van der Waals surface area contributed by atoms with Gasteiger partial charge >= 0.3 is 6.03 Å². The van der Waals surface area contributed by atoms with Crippen LogP contribution in [0, 0.1) is 0 Å². The molecule has 2 aliphatic heterocycles. The number of carbonyl (C=O) groups excluding carboxylic acids is 2. The second kappa shape index (κ2) is 6.43. The number of benzene rings is 1. The Labute approximate surface area is 161 Å². The molecule has 2 aliphatic rings. The zero-order valence-corrected chi connectivity index (χ0v) is 17.2. The first kappa shape index (κ1) is 19.5. The van der Waals surface area contributed by atoms with Gasteiger partial charge in [-0.25, -0.2) is 4.79 Å². The molecule has 1 atom stereocenters. The van der Waals surface area contributed by atoms with Crippen LogP contribution in [0.5, 0.6) is 5.75 Å². The van der Waals surface area contributed by atoms with E-state index in [1.54, 1.807) is 9.80 Å². The maximum atomic E-state index is 13.3. The third kappa shape index (κ3) is 3.62. The van der Waals surface area contributed by atoms with E-state index in [1.807, 2.05) is 32.9 Å². The van der Waals surface area contributed by atoms with Gasteiger partial charge < -0.3 is 20.2 Å². The van der Waals surface area contributed by atoms with E-state index in [0.717, 1.165) is 11.1 Å². The molecule has 2 N–H and O–H groups in total. The third-order valence-corrected chi connectivity index (χ3v) is 5.53. The fraction of sp³-hybridized carbons (Fsp3) is 0.619. The monoisotopic (exact) mass is 373 g/mol. The number of phenolic OH excluding ortho intramolecular Hbond substituents is 1. The second-order valence-corrected chi connectivity index (χ2v) is 9.70. The average Bonchev–Trinajstić information content (AvgIpc) is 2.93. The van der Waals surface area contributed by atoms with E-state index in [1.165, 1.54) is 0 Å². The summed E-state index contributed by atoms with van der Waals surface area (Å²) >= 11 is 0. The second-order valence-electron chi connectivity index (χ2n) is 9.70. The van der Waals surface area contributed by atoms with Crippen molar-refractivity contribution >= 4 is 11.9 Å². The molecule has 3 amide bonds. The molecule has 3 rings (SSSR count). The molecular weight excluding hydrogens is 342 g/mol. The van der Waals surface area contributed by atoms with Crippen LogP contribution in [0.15, 0.2) is 12.1 Å². The summed E-state index contributed by atoms with van der Waals surface area (Å²) < 4.78 is 0. The van der Waals surface area contributed by atoms with Crippen molar-refractivity contribution in [3.8, 4) is 5.75 Å². The Bertz CT molecular complexity index is 774. The van der Waals surface area contributed by atoms with Crippen LogP contribution < -0.4 is 5.32 Å². The molecule has 2 fully saturated rings. The number of amides is 3. The van der Waals surface area contributed by atoms with Crippen molar-refractivity contribution in [2.24, 2.45) is 0 Å². The molecule has 148 valence electrons. The van der Waals surface area contributed by atoms with Crippen LogP contribution in [0.25, 0.3) is 0 Å². The molecule has 0 bridgehead atoms. The summed E-state index contributed by atoms with van der Waals surface area (Å²) in [4.78, 5) is 28.6. The Balaban J connectivity index is 1.98. The van der Waals surface area contributed by atoms with Crippen LogP contribution in [0.4, 0.5) is 4.79 Å². The summed E-state index contributed by atoms with van der Waals surface area (Å²) in [5.74, 6) is -0.0911. The van der Waals surface area contributed by atoms with Gasteiger partial charge in [-0.3, -0.25) is 4.79 Å². The Morgan fingerprint density at radius 1 is 1.11 bits per heavy atom. The summed E-state index contributed by atoms with van der Waals surface area (Å²) in [5, 5.41) is 13.8. The molecule has 0 saturated carbocycles. The first-order chi connectivity index (χ1) is 12.4. The Hall–Kier alpha value is -2.24. The van der Waals surface area contributed by atoms with Crippen LogP contribution in [0.2, 0.25) is 0 Å². The van der Waals surface area contributed by atoms with Crippen molar-refractivity contribution in [2.75, 3.05) is 26.2 Å². The molecule has 27 heavy (non-hydrogen) atoms. The van der Waals surface area contributed by atoms with Gasteiger partial charge in [0, 0.05) is 31.7 Å². The predicted octanol–water partition coefficient (Wildman–Crippen LogP) is 2.84. The fourth-order valence-electron chi connectivity index (χ4n) is 3.76. The van der Waals surface area contributed by atoms with Gasteiger partial charge in [0.2, 0.25) is 0 Å². The molecule has 1 aromatic rings. The molecule has 1 unspecified atom stereocenters. The Kier molecular flexibility index (Phi) is 4.65. The molecule has 2 heterocycles. The predicted molar refractivity (Wildman–Crippen MR) is 105 cm³/mol. The Morgan fingerprint density at radius 3 is 2.37 bits per heavy atom. The number of carbonyl (C=O) groups is 2. The largest absolute Gasteiger partial charge is 0.507 e. The van der Waals surface area contributed by atoms with Crippen LogP contribution in [-0.4, -0.2) is 59.1 Å². The molecule has 1 aromatic carbocycles. The van der Waals surface area contributed by atoms with E-state index in [9.17, 15) is 14.7 Å². The van der Waals surface area contributed by atoms with Gasteiger partial charge in [0.25, 0.3) is 5.91 Å². The van der Waals surface area contributed by atoms with Crippen LogP contribution >= 0.6 is 0 Å². The van der Waals surface area contributed by atoms with E-state index >= 15 is 0 Å². The van der Waals surface area contributed by atoms with Crippen LogP contribution in [0.1, 0.15) is 63.0 Å². The number of rotatable bonds is 1. The summed E-state index contributed by atoms with van der Waals surface area (Å²) in [6.07, 6.45) is 0. The lowest BCUT2D eigenvalue weighted by Gasteiger charge is -2.37. The molecule has 6 nitrogen and oxygen atoms in total. The first-order valence-electron chi connectivity index (χ1n) is 9.61. The smallest absolute Gasteiger partial charge is 0.317 e. The zero-order valence-electron chi connectivity index (χ0n) is 17.2. The lowest BCUT2D eigenvalue weighted by molar-refractivity contribution is 0.0613. The highest BCUT2D eigenvalue weighted by Crippen LogP contribution is 2.38. The molecule has 0 radical (unpaired) electrons. The fourth-order valence-corrected chi connectivity index (χ4v) is 3.76. The van der Waals surface area contributed by atoms with Gasteiger partial charge in [-0.15, -0.1) is 0 Å². The third-order valence-electron chi connectivity index (χ3n) is 5.53. The van der Waals surface area contributed by atoms with Crippen molar-refractivity contribution in [3.05, 3.63) is 28.8 Å². The number of nitrogens with zero attached hydrogens (tertiary/aromatic N) is 2. The van der Waals surface area contributed by atoms with Gasteiger partial charge in [-0.2, -0.15) is 0 Å². The number of fused-ring (bicyclic) bond motifs is 1. The quantitative estimate of drug-likeness (QED) is 0.795. The number of piperazine rings is 1. The summed E-state index contributed by atoms with van der Waals surface area (Å²) in [7, 11) is 0. The van der Waals surface area contributed by atoms with Crippen LogP contribution in [0.3, 0.4) is 0 Å². The summed E-state index contributed by atoms with van der Waals surface area (Å²) in [6.45, 7) is 14.5. The minimum atomic E-state index is -0.277. The number of aromatic hydroxyl groups is 1. The lowest BCUT2D eigenvalue weighted by Crippen LogP contribution is -2.53. The minimum Gasteiger partial charge on any atom is -0.507 e. The standard InChI is InChI=1S/C21H31N3O3/c1-20(2,3)13-9-15(17(25)16(10-13)21(4,5)6)18(26)23-7-8-24-14(12-23)11-22-19(24)27/h9-10,14,25H,7-8,11-12H2,1-6H3,(H,22,27). The van der Waals surface area contributed by atoms with E-state index in [0.29, 0.717) is 31.7 Å². The highest BCUT2D eigenvalue weighted by atomic mass is 16.3. The number of hydrogen-bond acceptors (Lipinski definition) is 3. The topological polar surface area (TPSA) is 72.9 Å². The minimum absolute atomic E-state index is 0.00484. The normalized spacial score (nSPS) is 20.5. The number of nitrogens with one attached hydrogen (secondary N) is 1. The van der Waals surface area contributed by atoms with Gasteiger partial charge in [-0.1, -0.05) is 47.6 Å². The van der Waals surface area contributed by atoms with Gasteiger partial charge in [0.1, 0.15) is 5.75 Å². The number of urea groups is 1. The van der Waals surface area contributed by atoms with Gasteiger partial charge in [0.05, 0.1) is 11.6 Å².